The van der Waals surface area contributed by atoms with Crippen LogP contribution in [0.1, 0.15) is 0 Å². The maximum atomic E-state index is 13.3. The third kappa shape index (κ3) is 3.46. The third-order valence-electron chi connectivity index (χ3n) is 1.62. The van der Waals surface area contributed by atoms with E-state index in [9.17, 15) is 4.39 Å². The summed E-state index contributed by atoms with van der Waals surface area (Å²) < 4.78 is 23.1. The zero-order chi connectivity index (χ0) is 11.1. The van der Waals surface area contributed by atoms with Crippen molar-refractivity contribution in [2.24, 2.45) is 5.11 Å². The van der Waals surface area contributed by atoms with E-state index in [0.717, 1.165) is 6.07 Å². The molecule has 5 nitrogen and oxygen atoms in total. The van der Waals surface area contributed by atoms with E-state index < -0.39 is 5.82 Å². The minimum absolute atomic E-state index is 0.115. The van der Waals surface area contributed by atoms with Gasteiger partial charge in [0, 0.05) is 17.7 Å². The molecule has 0 aliphatic carbocycles. The predicted molar refractivity (Wildman–Crippen MR) is 52.6 cm³/mol. The highest BCUT2D eigenvalue weighted by molar-refractivity contribution is 5.42. The maximum absolute atomic E-state index is 13.3. The molecule has 0 aromatic heterocycles. The van der Waals surface area contributed by atoms with E-state index in [1.807, 2.05) is 0 Å². The van der Waals surface area contributed by atoms with Gasteiger partial charge in [0.1, 0.15) is 6.61 Å². The lowest BCUT2D eigenvalue weighted by Crippen LogP contribution is -2.05. The van der Waals surface area contributed by atoms with Crippen molar-refractivity contribution in [3.8, 4) is 5.75 Å². The number of methoxy groups -OCH3 is 1. The van der Waals surface area contributed by atoms with Gasteiger partial charge in [-0.15, -0.1) is 0 Å². The number of nitrogens with zero attached hydrogens (tertiary/aromatic N) is 3. The molecule has 0 heterocycles. The number of rotatable bonds is 5. The van der Waals surface area contributed by atoms with E-state index in [1.165, 1.54) is 19.2 Å². The number of ether oxygens (including phenoxy) is 2. The zero-order valence-corrected chi connectivity index (χ0v) is 8.18. The van der Waals surface area contributed by atoms with E-state index in [1.54, 1.807) is 0 Å². The average Bonchev–Trinajstić information content (AvgIpc) is 2.22. The standard InChI is InChI=1S/C9H10FN3O2/c1-14-4-5-15-9-3-2-7(12-13-11)6-8(9)10/h2-3,6H,4-5H2,1H3. The van der Waals surface area contributed by atoms with Gasteiger partial charge in [-0.05, 0) is 23.7 Å². The molecule has 1 rings (SSSR count). The Labute approximate surface area is 86.1 Å². The summed E-state index contributed by atoms with van der Waals surface area (Å²) in [4.78, 5) is 2.55. The van der Waals surface area contributed by atoms with E-state index >= 15 is 0 Å². The minimum Gasteiger partial charge on any atom is -0.488 e. The van der Waals surface area contributed by atoms with Gasteiger partial charge in [-0.25, -0.2) is 4.39 Å². The number of hydrogen-bond acceptors (Lipinski definition) is 3. The SMILES string of the molecule is COCCOc1ccc(N=[N+]=[N-])cc1F. The Kier molecular flexibility index (Phi) is 4.40. The Morgan fingerprint density at radius 3 is 2.87 bits per heavy atom. The van der Waals surface area contributed by atoms with E-state index in [4.69, 9.17) is 15.0 Å². The summed E-state index contributed by atoms with van der Waals surface area (Å²) in [7, 11) is 1.53. The molecule has 0 radical (unpaired) electrons. The Hall–Kier alpha value is -1.78. The highest BCUT2D eigenvalue weighted by Gasteiger charge is 2.03. The molecular weight excluding hydrogens is 201 g/mol. The Morgan fingerprint density at radius 1 is 1.47 bits per heavy atom. The van der Waals surface area contributed by atoms with Crippen molar-refractivity contribution in [1.29, 1.82) is 0 Å². The van der Waals surface area contributed by atoms with Crippen LogP contribution in [0.3, 0.4) is 0 Å². The smallest absolute Gasteiger partial charge is 0.165 e. The fraction of sp³-hybridized carbons (Fsp3) is 0.333. The summed E-state index contributed by atoms with van der Waals surface area (Å²) in [6, 6.07) is 4.00. The zero-order valence-electron chi connectivity index (χ0n) is 8.18. The van der Waals surface area contributed by atoms with Gasteiger partial charge >= 0.3 is 0 Å². The lowest BCUT2D eigenvalue weighted by atomic mass is 10.3. The van der Waals surface area contributed by atoms with Crippen molar-refractivity contribution in [3.63, 3.8) is 0 Å². The van der Waals surface area contributed by atoms with Crippen molar-refractivity contribution in [3.05, 3.63) is 34.5 Å². The monoisotopic (exact) mass is 211 g/mol. The van der Waals surface area contributed by atoms with Crippen LogP contribution in [0.15, 0.2) is 23.3 Å². The highest BCUT2D eigenvalue weighted by atomic mass is 19.1. The van der Waals surface area contributed by atoms with E-state index in [-0.39, 0.29) is 18.0 Å². The predicted octanol–water partition coefficient (Wildman–Crippen LogP) is 2.79. The largest absolute Gasteiger partial charge is 0.488 e. The van der Waals surface area contributed by atoms with Gasteiger partial charge in [0.2, 0.25) is 0 Å². The van der Waals surface area contributed by atoms with Crippen molar-refractivity contribution in [2.75, 3.05) is 20.3 Å². The molecular formula is C9H10FN3O2. The van der Waals surface area contributed by atoms with Crippen LogP contribution in [-0.4, -0.2) is 20.3 Å². The van der Waals surface area contributed by atoms with Crippen LogP contribution in [0.4, 0.5) is 10.1 Å². The molecule has 0 spiro atoms. The van der Waals surface area contributed by atoms with Gasteiger partial charge in [-0.1, -0.05) is 5.11 Å². The number of benzene rings is 1. The van der Waals surface area contributed by atoms with Crippen molar-refractivity contribution >= 4 is 5.69 Å². The quantitative estimate of drug-likeness (QED) is 0.325. The molecule has 80 valence electrons. The molecule has 0 saturated carbocycles. The number of azide groups is 1. The fourth-order valence-electron chi connectivity index (χ4n) is 0.956. The molecule has 0 bridgehead atoms. The normalized spacial score (nSPS) is 9.47. The third-order valence-corrected chi connectivity index (χ3v) is 1.62. The van der Waals surface area contributed by atoms with Gasteiger partial charge in [-0.2, -0.15) is 0 Å². The van der Waals surface area contributed by atoms with Crippen LogP contribution < -0.4 is 4.74 Å². The number of hydrogen-bond donors (Lipinski definition) is 0. The molecule has 0 atom stereocenters. The minimum atomic E-state index is -0.559. The van der Waals surface area contributed by atoms with Crippen LogP contribution in [0.2, 0.25) is 0 Å². The first-order valence-electron chi connectivity index (χ1n) is 4.24. The molecule has 0 N–H and O–H groups in total. The summed E-state index contributed by atoms with van der Waals surface area (Å²) in [6.07, 6.45) is 0. The molecule has 0 aliphatic heterocycles. The van der Waals surface area contributed by atoms with Gasteiger partial charge < -0.3 is 9.47 Å². The lowest BCUT2D eigenvalue weighted by Gasteiger charge is -2.06. The second-order valence-corrected chi connectivity index (χ2v) is 2.65. The molecule has 15 heavy (non-hydrogen) atoms. The maximum Gasteiger partial charge on any atom is 0.165 e. The van der Waals surface area contributed by atoms with Gasteiger partial charge in [-0.3, -0.25) is 0 Å². The first kappa shape index (κ1) is 11.3. The second-order valence-electron chi connectivity index (χ2n) is 2.65. The van der Waals surface area contributed by atoms with Crippen LogP contribution >= 0.6 is 0 Å². The summed E-state index contributed by atoms with van der Waals surface area (Å²) in [5.74, 6) is -0.444. The summed E-state index contributed by atoms with van der Waals surface area (Å²) in [5.41, 5.74) is 8.36. The Bertz CT molecular complexity index is 378. The van der Waals surface area contributed by atoms with Crippen molar-refractivity contribution in [2.45, 2.75) is 0 Å². The van der Waals surface area contributed by atoms with Crippen molar-refractivity contribution in [1.82, 2.24) is 0 Å². The first-order valence-corrected chi connectivity index (χ1v) is 4.24. The second kappa shape index (κ2) is 5.85. The Balaban J connectivity index is 2.70. The molecule has 6 heteroatoms. The Morgan fingerprint density at radius 2 is 2.27 bits per heavy atom. The van der Waals surface area contributed by atoms with Gasteiger partial charge in [0.25, 0.3) is 0 Å². The van der Waals surface area contributed by atoms with Gasteiger partial charge in [0.15, 0.2) is 11.6 Å². The number of halogens is 1. The molecule has 0 fully saturated rings. The van der Waals surface area contributed by atoms with Crippen LogP contribution in [0, 0.1) is 5.82 Å². The van der Waals surface area contributed by atoms with Crippen LogP contribution in [0.5, 0.6) is 5.75 Å². The van der Waals surface area contributed by atoms with E-state index in [2.05, 4.69) is 10.0 Å². The molecule has 0 amide bonds. The molecule has 0 saturated heterocycles. The summed E-state index contributed by atoms with van der Waals surface area (Å²) in [6.45, 7) is 0.659. The van der Waals surface area contributed by atoms with Crippen LogP contribution in [-0.2, 0) is 4.74 Å². The van der Waals surface area contributed by atoms with Crippen LogP contribution in [0.25, 0.3) is 10.4 Å². The fourth-order valence-corrected chi connectivity index (χ4v) is 0.956. The lowest BCUT2D eigenvalue weighted by molar-refractivity contribution is 0.144. The van der Waals surface area contributed by atoms with Crippen molar-refractivity contribution < 1.29 is 13.9 Å². The average molecular weight is 211 g/mol. The molecule has 0 aliphatic rings. The highest BCUT2D eigenvalue weighted by Crippen LogP contribution is 2.22. The molecule has 1 aromatic rings. The van der Waals surface area contributed by atoms with E-state index in [0.29, 0.717) is 6.61 Å². The molecule has 1 aromatic carbocycles. The molecule has 0 unspecified atom stereocenters. The first-order chi connectivity index (χ1) is 7.27. The van der Waals surface area contributed by atoms with Gasteiger partial charge in [0.05, 0.1) is 6.61 Å². The summed E-state index contributed by atoms with van der Waals surface area (Å²) in [5, 5.41) is 3.27. The summed E-state index contributed by atoms with van der Waals surface area (Å²) >= 11 is 0. The topological polar surface area (TPSA) is 67.2 Å².